The molecule has 1 heterocycles. The monoisotopic (exact) mass is 251 g/mol. The van der Waals surface area contributed by atoms with Gasteiger partial charge in [-0.25, -0.2) is 0 Å². The van der Waals surface area contributed by atoms with Crippen molar-refractivity contribution in [3.63, 3.8) is 0 Å². The lowest BCUT2D eigenvalue weighted by atomic mass is 10.1. The Bertz CT molecular complexity index is 408. The summed E-state index contributed by atoms with van der Waals surface area (Å²) in [5, 5.41) is 0. The SMILES string of the molecule is CC(C)Oc1cncc(C(=O)COC(C)(C)C)c1. The molecular weight excluding hydrogens is 230 g/mol. The molecule has 1 aromatic rings. The number of ketones is 1. The van der Waals surface area contributed by atoms with Crippen LogP contribution in [0.25, 0.3) is 0 Å². The predicted molar refractivity (Wildman–Crippen MR) is 70.0 cm³/mol. The van der Waals surface area contributed by atoms with Crippen molar-refractivity contribution in [3.05, 3.63) is 24.0 Å². The van der Waals surface area contributed by atoms with Crippen LogP contribution in [0.5, 0.6) is 5.75 Å². The van der Waals surface area contributed by atoms with E-state index >= 15 is 0 Å². The Morgan fingerprint density at radius 1 is 1.33 bits per heavy atom. The van der Waals surface area contributed by atoms with Gasteiger partial charge < -0.3 is 9.47 Å². The Kier molecular flexibility index (Phi) is 4.84. The summed E-state index contributed by atoms with van der Waals surface area (Å²) in [5.41, 5.74) is 0.187. The molecule has 0 aliphatic carbocycles. The van der Waals surface area contributed by atoms with E-state index in [1.807, 2.05) is 34.6 Å². The number of hydrogen-bond donors (Lipinski definition) is 0. The normalized spacial score (nSPS) is 11.7. The molecule has 0 aliphatic rings. The number of hydrogen-bond acceptors (Lipinski definition) is 4. The maximum absolute atomic E-state index is 11.9. The van der Waals surface area contributed by atoms with E-state index in [1.165, 1.54) is 6.20 Å². The van der Waals surface area contributed by atoms with E-state index in [0.717, 1.165) is 0 Å². The van der Waals surface area contributed by atoms with Gasteiger partial charge in [-0.2, -0.15) is 0 Å². The second-order valence-corrected chi connectivity index (χ2v) is 5.40. The number of ether oxygens (including phenoxy) is 2. The van der Waals surface area contributed by atoms with Gasteiger partial charge in [-0.05, 0) is 40.7 Å². The average molecular weight is 251 g/mol. The summed E-state index contributed by atoms with van der Waals surface area (Å²) in [5.74, 6) is 0.512. The summed E-state index contributed by atoms with van der Waals surface area (Å²) in [6.45, 7) is 9.65. The van der Waals surface area contributed by atoms with Gasteiger partial charge in [0.25, 0.3) is 0 Å². The number of aromatic nitrogens is 1. The Morgan fingerprint density at radius 2 is 2.00 bits per heavy atom. The minimum Gasteiger partial charge on any atom is -0.489 e. The second kappa shape index (κ2) is 5.96. The molecule has 0 amide bonds. The largest absolute Gasteiger partial charge is 0.489 e. The van der Waals surface area contributed by atoms with E-state index in [-0.39, 0.29) is 24.1 Å². The number of carbonyl (C=O) groups excluding carboxylic acids is 1. The van der Waals surface area contributed by atoms with Crippen molar-refractivity contribution in [3.8, 4) is 5.75 Å². The lowest BCUT2D eigenvalue weighted by molar-refractivity contribution is 0.00304. The van der Waals surface area contributed by atoms with Crippen LogP contribution in [-0.4, -0.2) is 29.1 Å². The van der Waals surface area contributed by atoms with Crippen LogP contribution in [-0.2, 0) is 4.74 Å². The fourth-order valence-electron chi connectivity index (χ4n) is 1.27. The molecule has 0 aromatic carbocycles. The Morgan fingerprint density at radius 3 is 2.56 bits per heavy atom. The van der Waals surface area contributed by atoms with Crippen molar-refractivity contribution in [2.24, 2.45) is 0 Å². The van der Waals surface area contributed by atoms with Crippen LogP contribution in [0.4, 0.5) is 0 Å². The first-order valence-corrected chi connectivity index (χ1v) is 6.07. The molecule has 0 atom stereocenters. The summed E-state index contributed by atoms with van der Waals surface area (Å²) in [6.07, 6.45) is 3.19. The molecule has 0 unspecified atom stereocenters. The number of pyridine rings is 1. The fourth-order valence-corrected chi connectivity index (χ4v) is 1.27. The fraction of sp³-hybridized carbons (Fsp3) is 0.571. The molecule has 1 rings (SSSR count). The molecule has 0 saturated heterocycles. The van der Waals surface area contributed by atoms with Crippen molar-refractivity contribution in [1.82, 2.24) is 4.98 Å². The highest BCUT2D eigenvalue weighted by molar-refractivity contribution is 5.97. The first-order valence-electron chi connectivity index (χ1n) is 6.07. The van der Waals surface area contributed by atoms with Gasteiger partial charge in [0.15, 0.2) is 5.78 Å². The van der Waals surface area contributed by atoms with E-state index in [9.17, 15) is 4.79 Å². The van der Waals surface area contributed by atoms with Crippen molar-refractivity contribution in [2.45, 2.75) is 46.3 Å². The molecule has 4 nitrogen and oxygen atoms in total. The van der Waals surface area contributed by atoms with Gasteiger partial charge in [-0.3, -0.25) is 9.78 Å². The zero-order chi connectivity index (χ0) is 13.8. The van der Waals surface area contributed by atoms with Crippen LogP contribution in [0, 0.1) is 0 Å². The molecule has 0 radical (unpaired) electrons. The molecule has 1 aromatic heterocycles. The summed E-state index contributed by atoms with van der Waals surface area (Å²) in [7, 11) is 0. The molecule has 0 fully saturated rings. The predicted octanol–water partition coefficient (Wildman–Crippen LogP) is 2.87. The van der Waals surface area contributed by atoms with Crippen molar-refractivity contribution < 1.29 is 14.3 Å². The Hall–Kier alpha value is -1.42. The summed E-state index contributed by atoms with van der Waals surface area (Å²) < 4.78 is 10.9. The van der Waals surface area contributed by atoms with E-state index in [1.54, 1.807) is 12.3 Å². The topological polar surface area (TPSA) is 48.4 Å². The lowest BCUT2D eigenvalue weighted by Crippen LogP contribution is -2.23. The van der Waals surface area contributed by atoms with Crippen LogP contribution < -0.4 is 4.74 Å². The maximum atomic E-state index is 11.9. The first-order chi connectivity index (χ1) is 8.28. The molecule has 0 bridgehead atoms. The van der Waals surface area contributed by atoms with Crippen molar-refractivity contribution >= 4 is 5.78 Å². The smallest absolute Gasteiger partial charge is 0.190 e. The van der Waals surface area contributed by atoms with Crippen molar-refractivity contribution in [1.29, 1.82) is 0 Å². The number of nitrogens with zero attached hydrogens (tertiary/aromatic N) is 1. The van der Waals surface area contributed by atoms with Crippen LogP contribution in [0.1, 0.15) is 45.0 Å². The quantitative estimate of drug-likeness (QED) is 0.755. The second-order valence-electron chi connectivity index (χ2n) is 5.40. The van der Waals surface area contributed by atoms with Gasteiger partial charge in [0.2, 0.25) is 0 Å². The lowest BCUT2D eigenvalue weighted by Gasteiger charge is -2.18. The summed E-state index contributed by atoms with van der Waals surface area (Å²) >= 11 is 0. The summed E-state index contributed by atoms with van der Waals surface area (Å²) in [4.78, 5) is 15.9. The number of carbonyl (C=O) groups is 1. The molecule has 0 aliphatic heterocycles. The van der Waals surface area contributed by atoms with Gasteiger partial charge in [-0.15, -0.1) is 0 Å². The van der Waals surface area contributed by atoms with Gasteiger partial charge in [0.1, 0.15) is 12.4 Å². The Balaban J connectivity index is 2.68. The van der Waals surface area contributed by atoms with Crippen molar-refractivity contribution in [2.75, 3.05) is 6.61 Å². The van der Waals surface area contributed by atoms with Gasteiger partial charge in [-0.1, -0.05) is 0 Å². The minimum absolute atomic E-state index is 0.0519. The molecule has 100 valence electrons. The highest BCUT2D eigenvalue weighted by Crippen LogP contribution is 2.14. The minimum atomic E-state index is -0.324. The Labute approximate surface area is 108 Å². The first kappa shape index (κ1) is 14.6. The zero-order valence-corrected chi connectivity index (χ0v) is 11.7. The zero-order valence-electron chi connectivity index (χ0n) is 11.7. The van der Waals surface area contributed by atoms with Gasteiger partial charge >= 0.3 is 0 Å². The molecule has 18 heavy (non-hydrogen) atoms. The highest BCUT2D eigenvalue weighted by Gasteiger charge is 2.15. The maximum Gasteiger partial charge on any atom is 0.190 e. The summed E-state index contributed by atoms with van der Waals surface area (Å²) in [6, 6.07) is 1.70. The van der Waals surface area contributed by atoms with Crippen LogP contribution in [0.2, 0.25) is 0 Å². The van der Waals surface area contributed by atoms with Crippen LogP contribution >= 0.6 is 0 Å². The third-order valence-corrected chi connectivity index (χ3v) is 2.04. The molecule has 0 N–H and O–H groups in total. The van der Waals surface area contributed by atoms with Gasteiger partial charge in [0, 0.05) is 11.8 Å². The average Bonchev–Trinajstić information content (AvgIpc) is 2.24. The standard InChI is InChI=1S/C14H21NO3/c1-10(2)18-12-6-11(7-15-8-12)13(16)9-17-14(3,4)5/h6-8,10H,9H2,1-5H3. The highest BCUT2D eigenvalue weighted by atomic mass is 16.5. The molecule has 0 saturated carbocycles. The number of Topliss-reactive ketones (excluding diaryl/α,β-unsaturated/α-hetero) is 1. The van der Waals surface area contributed by atoms with Crippen LogP contribution in [0.3, 0.4) is 0 Å². The molecular formula is C14H21NO3. The van der Waals surface area contributed by atoms with E-state index in [0.29, 0.717) is 11.3 Å². The van der Waals surface area contributed by atoms with E-state index in [4.69, 9.17) is 9.47 Å². The third kappa shape index (κ3) is 5.27. The molecule has 0 spiro atoms. The third-order valence-electron chi connectivity index (χ3n) is 2.04. The van der Waals surface area contributed by atoms with E-state index < -0.39 is 0 Å². The van der Waals surface area contributed by atoms with Gasteiger partial charge in [0.05, 0.1) is 17.9 Å². The number of rotatable bonds is 5. The van der Waals surface area contributed by atoms with E-state index in [2.05, 4.69) is 4.98 Å². The van der Waals surface area contributed by atoms with Crippen LogP contribution in [0.15, 0.2) is 18.5 Å². The molecule has 4 heteroatoms.